The molecule has 0 aliphatic carbocycles. The maximum absolute atomic E-state index is 5.81. The molecule has 4 rings (SSSR count). The van der Waals surface area contributed by atoms with E-state index in [4.69, 9.17) is 5.73 Å². The minimum Gasteiger partial charge on any atom is -0.375 e. The van der Waals surface area contributed by atoms with Crippen LogP contribution >= 0.6 is 11.3 Å². The second kappa shape index (κ2) is 6.71. The van der Waals surface area contributed by atoms with E-state index in [1.165, 1.54) is 21.3 Å². The van der Waals surface area contributed by atoms with Gasteiger partial charge in [0.05, 0.1) is 11.4 Å². The average Bonchev–Trinajstić information content (AvgIpc) is 2.86. The van der Waals surface area contributed by atoms with Crippen LogP contribution in [0.25, 0.3) is 16.8 Å². The van der Waals surface area contributed by atoms with Gasteiger partial charge in [0.15, 0.2) is 5.13 Å². The summed E-state index contributed by atoms with van der Waals surface area (Å²) >= 11 is 1.64. The third-order valence-corrected chi connectivity index (χ3v) is 5.45. The zero-order valence-corrected chi connectivity index (χ0v) is 14.3. The van der Waals surface area contributed by atoms with E-state index < -0.39 is 0 Å². The van der Waals surface area contributed by atoms with Crippen molar-refractivity contribution in [1.82, 2.24) is 14.9 Å². The van der Waals surface area contributed by atoms with Crippen molar-refractivity contribution < 1.29 is 0 Å². The molecule has 0 unspecified atom stereocenters. The number of pyridine rings is 1. The minimum atomic E-state index is 0.704. The summed E-state index contributed by atoms with van der Waals surface area (Å²) in [6, 6.07) is 10.4. The first-order valence-corrected chi connectivity index (χ1v) is 9.08. The lowest BCUT2D eigenvalue weighted by Crippen LogP contribution is -2.26. The Kier molecular flexibility index (Phi) is 4.28. The van der Waals surface area contributed by atoms with Gasteiger partial charge in [-0.05, 0) is 23.9 Å². The van der Waals surface area contributed by atoms with Crippen LogP contribution < -0.4 is 5.73 Å². The number of anilines is 1. The molecule has 0 saturated heterocycles. The SMILES string of the molecule is Nc1nc2c(s1)CCN(C/C=C/c1nccc3ccccc13)CC2. The Labute approximate surface area is 145 Å². The number of nitrogens with two attached hydrogens (primary N) is 1. The third-order valence-electron chi connectivity index (χ3n) is 4.46. The first-order chi connectivity index (χ1) is 11.8. The van der Waals surface area contributed by atoms with Gasteiger partial charge in [-0.15, -0.1) is 11.3 Å². The lowest BCUT2D eigenvalue weighted by atomic mass is 10.1. The van der Waals surface area contributed by atoms with E-state index in [1.807, 2.05) is 6.20 Å². The van der Waals surface area contributed by atoms with Gasteiger partial charge in [-0.1, -0.05) is 30.3 Å². The number of hydrogen-bond acceptors (Lipinski definition) is 5. The lowest BCUT2D eigenvalue weighted by molar-refractivity contribution is 0.318. The van der Waals surface area contributed by atoms with Gasteiger partial charge in [-0.3, -0.25) is 9.88 Å². The number of nitrogen functional groups attached to an aromatic ring is 1. The van der Waals surface area contributed by atoms with Crippen LogP contribution in [0.4, 0.5) is 5.13 Å². The Morgan fingerprint density at radius 3 is 3.00 bits per heavy atom. The van der Waals surface area contributed by atoms with Crippen LogP contribution in [0.5, 0.6) is 0 Å². The molecule has 2 aromatic heterocycles. The van der Waals surface area contributed by atoms with Crippen molar-refractivity contribution in [2.75, 3.05) is 25.4 Å². The van der Waals surface area contributed by atoms with Crippen molar-refractivity contribution >= 4 is 33.3 Å². The van der Waals surface area contributed by atoms with Crippen molar-refractivity contribution in [3.8, 4) is 0 Å². The molecule has 0 atom stereocenters. The molecular weight excluding hydrogens is 316 g/mol. The highest BCUT2D eigenvalue weighted by Gasteiger charge is 2.16. The summed E-state index contributed by atoms with van der Waals surface area (Å²) in [7, 11) is 0. The molecule has 3 heterocycles. The summed E-state index contributed by atoms with van der Waals surface area (Å²) in [5.41, 5.74) is 8.04. The molecule has 0 amide bonds. The largest absolute Gasteiger partial charge is 0.375 e. The Morgan fingerprint density at radius 2 is 2.04 bits per heavy atom. The molecule has 0 saturated carbocycles. The van der Waals surface area contributed by atoms with E-state index in [9.17, 15) is 0 Å². The maximum Gasteiger partial charge on any atom is 0.180 e. The number of nitrogens with zero attached hydrogens (tertiary/aromatic N) is 3. The molecule has 24 heavy (non-hydrogen) atoms. The highest BCUT2D eigenvalue weighted by atomic mass is 32.1. The lowest BCUT2D eigenvalue weighted by Gasteiger charge is -2.17. The van der Waals surface area contributed by atoms with Gasteiger partial charge >= 0.3 is 0 Å². The Balaban J connectivity index is 1.43. The van der Waals surface area contributed by atoms with Crippen LogP contribution in [0.15, 0.2) is 42.6 Å². The quantitative estimate of drug-likeness (QED) is 0.796. The standard InChI is InChI=1S/C19H20N4S/c20-19-22-17-8-12-23(13-9-18(17)24-19)11-3-6-16-15-5-2-1-4-14(15)7-10-21-16/h1-7,10H,8-9,11-13H2,(H2,20,22)/b6-3+. The zero-order valence-electron chi connectivity index (χ0n) is 13.5. The highest BCUT2D eigenvalue weighted by molar-refractivity contribution is 7.15. The summed E-state index contributed by atoms with van der Waals surface area (Å²) in [6.45, 7) is 3.03. The molecule has 5 heteroatoms. The predicted molar refractivity (Wildman–Crippen MR) is 101 cm³/mol. The molecule has 1 aromatic carbocycles. The van der Waals surface area contributed by atoms with Gasteiger partial charge in [0.2, 0.25) is 0 Å². The van der Waals surface area contributed by atoms with E-state index in [0.29, 0.717) is 5.13 Å². The number of rotatable bonds is 3. The third kappa shape index (κ3) is 3.18. The van der Waals surface area contributed by atoms with Gasteiger partial charge in [0.1, 0.15) is 0 Å². The van der Waals surface area contributed by atoms with Crippen LogP contribution in [-0.4, -0.2) is 34.5 Å². The molecule has 4 nitrogen and oxygen atoms in total. The van der Waals surface area contributed by atoms with Gasteiger partial charge in [-0.25, -0.2) is 4.98 Å². The van der Waals surface area contributed by atoms with Crippen LogP contribution in [0.3, 0.4) is 0 Å². The topological polar surface area (TPSA) is 55.0 Å². The molecule has 2 N–H and O–H groups in total. The molecule has 0 bridgehead atoms. The molecule has 3 aromatic rings. The second-order valence-corrected chi connectivity index (χ2v) is 7.16. The Hall–Kier alpha value is -2.24. The van der Waals surface area contributed by atoms with Crippen molar-refractivity contribution in [3.63, 3.8) is 0 Å². The van der Waals surface area contributed by atoms with E-state index in [0.717, 1.165) is 38.2 Å². The van der Waals surface area contributed by atoms with Gasteiger partial charge < -0.3 is 5.73 Å². The summed E-state index contributed by atoms with van der Waals surface area (Å²) in [6.07, 6.45) is 8.27. The number of benzene rings is 1. The van der Waals surface area contributed by atoms with Crippen molar-refractivity contribution in [2.24, 2.45) is 0 Å². The van der Waals surface area contributed by atoms with E-state index in [2.05, 4.69) is 57.4 Å². The molecule has 1 aliphatic rings. The summed E-state index contributed by atoms with van der Waals surface area (Å²) in [5.74, 6) is 0. The summed E-state index contributed by atoms with van der Waals surface area (Å²) in [5, 5.41) is 3.14. The number of fused-ring (bicyclic) bond motifs is 2. The van der Waals surface area contributed by atoms with E-state index in [-0.39, 0.29) is 0 Å². The minimum absolute atomic E-state index is 0.704. The van der Waals surface area contributed by atoms with Gasteiger partial charge in [0.25, 0.3) is 0 Å². The fourth-order valence-electron chi connectivity index (χ4n) is 3.20. The first-order valence-electron chi connectivity index (χ1n) is 8.26. The molecule has 122 valence electrons. The van der Waals surface area contributed by atoms with E-state index in [1.54, 1.807) is 11.3 Å². The van der Waals surface area contributed by atoms with Crippen LogP contribution in [0.2, 0.25) is 0 Å². The average molecular weight is 336 g/mol. The van der Waals surface area contributed by atoms with Crippen molar-refractivity contribution in [2.45, 2.75) is 12.8 Å². The fraction of sp³-hybridized carbons (Fsp3) is 0.263. The van der Waals surface area contributed by atoms with Crippen LogP contribution in [0, 0.1) is 0 Å². The van der Waals surface area contributed by atoms with Gasteiger partial charge in [0, 0.05) is 42.5 Å². The second-order valence-electron chi connectivity index (χ2n) is 6.04. The monoisotopic (exact) mass is 336 g/mol. The Morgan fingerprint density at radius 1 is 1.17 bits per heavy atom. The Bertz CT molecular complexity index is 853. The highest BCUT2D eigenvalue weighted by Crippen LogP contribution is 2.24. The predicted octanol–water partition coefficient (Wildman–Crippen LogP) is 3.39. The van der Waals surface area contributed by atoms with Gasteiger partial charge in [-0.2, -0.15) is 0 Å². The van der Waals surface area contributed by atoms with Crippen LogP contribution in [0.1, 0.15) is 16.3 Å². The normalized spacial score (nSPS) is 15.7. The molecule has 0 radical (unpaired) electrons. The fourth-order valence-corrected chi connectivity index (χ4v) is 4.07. The molecule has 1 aliphatic heterocycles. The molecular formula is C19H20N4S. The van der Waals surface area contributed by atoms with E-state index >= 15 is 0 Å². The zero-order chi connectivity index (χ0) is 16.4. The summed E-state index contributed by atoms with van der Waals surface area (Å²) < 4.78 is 0. The van der Waals surface area contributed by atoms with Crippen molar-refractivity contribution in [1.29, 1.82) is 0 Å². The molecule has 0 fully saturated rings. The number of hydrogen-bond donors (Lipinski definition) is 1. The number of thiazole rings is 1. The van der Waals surface area contributed by atoms with Crippen LogP contribution in [-0.2, 0) is 12.8 Å². The first kappa shape index (κ1) is 15.3. The van der Waals surface area contributed by atoms with Crippen molar-refractivity contribution in [3.05, 3.63) is 58.9 Å². The number of aromatic nitrogens is 2. The smallest absolute Gasteiger partial charge is 0.180 e. The summed E-state index contributed by atoms with van der Waals surface area (Å²) in [4.78, 5) is 12.8. The molecule has 0 spiro atoms. The maximum atomic E-state index is 5.81.